The largest absolute Gasteiger partial charge is 0.481 e. The number of fused-ring (bicyclic) bond motifs is 1. The van der Waals surface area contributed by atoms with E-state index < -0.39 is 6.10 Å². The molecule has 2 aliphatic heterocycles. The third-order valence-corrected chi connectivity index (χ3v) is 5.36. The Balaban J connectivity index is 1.40. The van der Waals surface area contributed by atoms with E-state index in [0.29, 0.717) is 25.3 Å². The van der Waals surface area contributed by atoms with E-state index in [1.165, 1.54) is 37.1 Å². The molecule has 1 fully saturated rings. The molecule has 0 spiro atoms. The van der Waals surface area contributed by atoms with Crippen LogP contribution in [0.3, 0.4) is 0 Å². The zero-order valence-electron chi connectivity index (χ0n) is 16.0. The fourth-order valence-corrected chi connectivity index (χ4v) is 3.78. The summed E-state index contributed by atoms with van der Waals surface area (Å²) in [6, 6.07) is 5.93. The molecule has 6 nitrogen and oxygen atoms in total. The molecule has 7 heteroatoms. The summed E-state index contributed by atoms with van der Waals surface area (Å²) in [5, 5.41) is 3.48. The van der Waals surface area contributed by atoms with E-state index in [0.717, 1.165) is 30.0 Å². The van der Waals surface area contributed by atoms with Gasteiger partial charge in [-0.1, -0.05) is 6.42 Å². The van der Waals surface area contributed by atoms with Gasteiger partial charge in [-0.2, -0.15) is 0 Å². The van der Waals surface area contributed by atoms with Crippen molar-refractivity contribution >= 4 is 5.91 Å². The van der Waals surface area contributed by atoms with Gasteiger partial charge in [0.1, 0.15) is 17.4 Å². The quantitative estimate of drug-likeness (QED) is 0.878. The second-order valence-electron chi connectivity index (χ2n) is 7.43. The highest BCUT2D eigenvalue weighted by atomic mass is 19.1. The Morgan fingerprint density at radius 3 is 2.89 bits per heavy atom. The number of carbonyl (C=O) groups excluding carboxylic acids is 1. The smallest absolute Gasteiger partial charge is 0.263 e. The predicted molar refractivity (Wildman–Crippen MR) is 102 cm³/mol. The van der Waals surface area contributed by atoms with Crippen LogP contribution in [-0.2, 0) is 17.8 Å². The minimum Gasteiger partial charge on any atom is -0.481 e. The Bertz CT molecular complexity index is 837. The van der Waals surface area contributed by atoms with Crippen molar-refractivity contribution in [2.75, 3.05) is 13.1 Å². The summed E-state index contributed by atoms with van der Waals surface area (Å²) in [4.78, 5) is 23.9. The second-order valence-corrected chi connectivity index (χ2v) is 7.43. The Labute approximate surface area is 164 Å². The number of hydrogen-bond donors (Lipinski definition) is 1. The Hall–Kier alpha value is -2.54. The highest BCUT2D eigenvalue weighted by molar-refractivity contribution is 5.81. The van der Waals surface area contributed by atoms with Gasteiger partial charge in [0.15, 0.2) is 6.10 Å². The van der Waals surface area contributed by atoms with Crippen molar-refractivity contribution in [1.29, 1.82) is 0 Å². The van der Waals surface area contributed by atoms with Gasteiger partial charge in [-0.25, -0.2) is 14.4 Å². The minimum absolute atomic E-state index is 0.0898. The third-order valence-electron chi connectivity index (χ3n) is 5.36. The van der Waals surface area contributed by atoms with Crippen molar-refractivity contribution in [3.8, 4) is 5.75 Å². The van der Waals surface area contributed by atoms with Crippen LogP contribution in [0, 0.1) is 5.82 Å². The molecule has 4 rings (SSSR count). The van der Waals surface area contributed by atoms with Crippen molar-refractivity contribution in [3.63, 3.8) is 0 Å². The number of piperidine rings is 1. The van der Waals surface area contributed by atoms with Gasteiger partial charge in [0, 0.05) is 31.3 Å². The highest BCUT2D eigenvalue weighted by Crippen LogP contribution is 2.24. The van der Waals surface area contributed by atoms with Crippen LogP contribution in [0.4, 0.5) is 4.39 Å². The molecule has 1 N–H and O–H groups in total. The lowest BCUT2D eigenvalue weighted by Crippen LogP contribution is -2.43. The van der Waals surface area contributed by atoms with Gasteiger partial charge in [0.05, 0.1) is 11.7 Å². The predicted octanol–water partition coefficient (Wildman–Crippen LogP) is 2.78. The summed E-state index contributed by atoms with van der Waals surface area (Å²) in [7, 11) is 0. The van der Waals surface area contributed by atoms with Gasteiger partial charge < -0.3 is 15.0 Å². The number of benzene rings is 1. The number of aromatic nitrogens is 2. The first-order valence-electron chi connectivity index (χ1n) is 9.89. The fourth-order valence-electron chi connectivity index (χ4n) is 3.78. The topological polar surface area (TPSA) is 67.3 Å². The molecule has 2 atom stereocenters. The molecule has 2 aliphatic rings. The van der Waals surface area contributed by atoms with Crippen molar-refractivity contribution in [3.05, 3.63) is 53.4 Å². The molecule has 0 bridgehead atoms. The Morgan fingerprint density at radius 2 is 2.14 bits per heavy atom. The fraction of sp³-hybridized carbons (Fsp3) is 0.476. The number of amides is 1. The maximum absolute atomic E-state index is 13.0. The first-order chi connectivity index (χ1) is 13.6. The van der Waals surface area contributed by atoms with Crippen LogP contribution in [0.5, 0.6) is 5.75 Å². The average molecular weight is 384 g/mol. The third kappa shape index (κ3) is 4.14. The van der Waals surface area contributed by atoms with Crippen molar-refractivity contribution in [2.45, 2.75) is 51.3 Å². The summed E-state index contributed by atoms with van der Waals surface area (Å²) < 4.78 is 18.7. The molecule has 148 valence electrons. The van der Waals surface area contributed by atoms with E-state index in [1.54, 1.807) is 11.8 Å². The van der Waals surface area contributed by atoms with Crippen LogP contribution in [-0.4, -0.2) is 40.0 Å². The summed E-state index contributed by atoms with van der Waals surface area (Å²) in [5.41, 5.74) is 2.03. The molecule has 28 heavy (non-hydrogen) atoms. The number of nitrogens with zero attached hydrogens (tertiary/aromatic N) is 3. The van der Waals surface area contributed by atoms with Crippen LogP contribution in [0.2, 0.25) is 0 Å². The number of carbonyl (C=O) groups is 1. The summed E-state index contributed by atoms with van der Waals surface area (Å²) in [5.74, 6) is 0.925. The monoisotopic (exact) mass is 384 g/mol. The summed E-state index contributed by atoms with van der Waals surface area (Å²) >= 11 is 0. The standard InChI is InChI=1S/C21H25FN4O2/c1-14(28-17-7-5-16(22)6-8-17)21(27)26-11-9-18-15(13-26)12-24-20(25-18)19-4-2-3-10-23-19/h5-8,12,14,19,23H,2-4,9-11,13H2,1H3/t14-,19-/m0/s1. The molecule has 0 radical (unpaired) electrons. The molecular weight excluding hydrogens is 359 g/mol. The lowest BCUT2D eigenvalue weighted by molar-refractivity contribution is -0.138. The number of hydrogen-bond acceptors (Lipinski definition) is 5. The Morgan fingerprint density at radius 1 is 1.32 bits per heavy atom. The first kappa shape index (κ1) is 18.8. The molecule has 2 aromatic rings. The van der Waals surface area contributed by atoms with Crippen LogP contribution in [0.1, 0.15) is 49.3 Å². The van der Waals surface area contributed by atoms with Gasteiger partial charge in [-0.05, 0) is 50.6 Å². The average Bonchev–Trinajstić information content (AvgIpc) is 2.74. The molecule has 3 heterocycles. The van der Waals surface area contributed by atoms with Gasteiger partial charge in [-0.15, -0.1) is 0 Å². The molecule has 0 aliphatic carbocycles. The van der Waals surface area contributed by atoms with Crippen molar-refractivity contribution in [1.82, 2.24) is 20.2 Å². The van der Waals surface area contributed by atoms with Gasteiger partial charge in [0.2, 0.25) is 0 Å². The SMILES string of the molecule is C[C@H](Oc1ccc(F)cc1)C(=O)N1CCc2nc([C@@H]3CCCCN3)ncc2C1. The van der Waals surface area contributed by atoms with E-state index >= 15 is 0 Å². The van der Waals surface area contributed by atoms with Crippen molar-refractivity contribution < 1.29 is 13.9 Å². The minimum atomic E-state index is -0.640. The molecule has 1 amide bonds. The van der Waals surface area contributed by atoms with E-state index in [-0.39, 0.29) is 17.8 Å². The molecule has 0 saturated carbocycles. The molecule has 1 aromatic heterocycles. The lowest BCUT2D eigenvalue weighted by Gasteiger charge is -2.31. The lowest BCUT2D eigenvalue weighted by atomic mass is 10.0. The molecule has 1 aromatic carbocycles. The summed E-state index contributed by atoms with van der Waals surface area (Å²) in [6.07, 6.45) is 5.41. The van der Waals surface area contributed by atoms with Gasteiger partial charge in [0.25, 0.3) is 5.91 Å². The van der Waals surface area contributed by atoms with E-state index in [4.69, 9.17) is 9.72 Å². The first-order valence-corrected chi connectivity index (χ1v) is 9.89. The zero-order chi connectivity index (χ0) is 19.5. The van der Waals surface area contributed by atoms with Crippen molar-refractivity contribution in [2.24, 2.45) is 0 Å². The number of halogens is 1. The number of nitrogens with one attached hydrogen (secondary N) is 1. The normalized spacial score (nSPS) is 20.4. The zero-order valence-corrected chi connectivity index (χ0v) is 16.0. The Kier molecular flexibility index (Phi) is 5.52. The molecule has 0 unspecified atom stereocenters. The van der Waals surface area contributed by atoms with Gasteiger partial charge >= 0.3 is 0 Å². The molecular formula is C21H25FN4O2. The van der Waals surface area contributed by atoms with E-state index in [1.807, 2.05) is 6.20 Å². The van der Waals surface area contributed by atoms with E-state index in [2.05, 4.69) is 10.3 Å². The van der Waals surface area contributed by atoms with Crippen LogP contribution >= 0.6 is 0 Å². The van der Waals surface area contributed by atoms with Crippen LogP contribution < -0.4 is 10.1 Å². The number of rotatable bonds is 4. The van der Waals surface area contributed by atoms with Crippen LogP contribution in [0.15, 0.2) is 30.5 Å². The molecule has 1 saturated heterocycles. The second kappa shape index (κ2) is 8.22. The van der Waals surface area contributed by atoms with Gasteiger partial charge in [-0.3, -0.25) is 4.79 Å². The maximum atomic E-state index is 13.0. The summed E-state index contributed by atoms with van der Waals surface area (Å²) in [6.45, 7) is 3.83. The highest BCUT2D eigenvalue weighted by Gasteiger charge is 2.28. The van der Waals surface area contributed by atoms with E-state index in [9.17, 15) is 9.18 Å². The maximum Gasteiger partial charge on any atom is 0.263 e. The van der Waals surface area contributed by atoms with Crippen LogP contribution in [0.25, 0.3) is 0 Å². The number of ether oxygens (including phenoxy) is 1.